The van der Waals surface area contributed by atoms with Gasteiger partial charge in [0.25, 0.3) is 0 Å². The van der Waals surface area contributed by atoms with Crippen LogP contribution in [0, 0.1) is 5.92 Å². The molecule has 2 bridgehead atoms. The summed E-state index contributed by atoms with van der Waals surface area (Å²) in [5.41, 5.74) is 3.51. The minimum absolute atomic E-state index is 0.0681. The molecule has 6 heterocycles. The largest absolute Gasteiger partial charge is 0.493 e. The Morgan fingerprint density at radius 2 is 1.72 bits per heavy atom. The first kappa shape index (κ1) is 34.8. The van der Waals surface area contributed by atoms with Gasteiger partial charge in [-0.15, -0.1) is 11.3 Å². The van der Waals surface area contributed by atoms with E-state index in [0.29, 0.717) is 56.6 Å². The highest BCUT2D eigenvalue weighted by Gasteiger charge is 2.40. The van der Waals surface area contributed by atoms with Gasteiger partial charge in [-0.3, -0.25) is 9.80 Å². The second kappa shape index (κ2) is 15.3. The van der Waals surface area contributed by atoms with Crippen LogP contribution in [0.2, 0.25) is 10.0 Å². The molecule has 3 saturated heterocycles. The van der Waals surface area contributed by atoms with E-state index in [1.165, 1.54) is 16.9 Å². The second-order valence-corrected chi connectivity index (χ2v) is 15.0. The number of piperidine rings is 3. The van der Waals surface area contributed by atoms with Crippen molar-refractivity contribution in [3.8, 4) is 11.5 Å². The molecule has 8 rings (SSSR count). The number of halogens is 2. The minimum atomic E-state index is -0.727. The third kappa shape index (κ3) is 7.36. The predicted molar refractivity (Wildman–Crippen MR) is 191 cm³/mol. The maximum absolute atomic E-state index is 14.0. The number of hydrogen-bond acceptors (Lipinski definition) is 9. The van der Waals surface area contributed by atoms with E-state index in [4.69, 9.17) is 42.1 Å². The number of aromatic amines is 1. The average molecular weight is 738 g/mol. The van der Waals surface area contributed by atoms with Crippen LogP contribution >= 0.6 is 34.5 Å². The van der Waals surface area contributed by atoms with Crippen molar-refractivity contribution in [2.24, 2.45) is 5.92 Å². The van der Waals surface area contributed by atoms with E-state index in [-0.39, 0.29) is 18.5 Å². The number of carbonyl (C=O) groups is 2. The van der Waals surface area contributed by atoms with Gasteiger partial charge in [0.2, 0.25) is 0 Å². The molecule has 1 N–H and O–H groups in total. The highest BCUT2D eigenvalue weighted by molar-refractivity contribution is 7.13. The Kier molecular flexibility index (Phi) is 10.6. The van der Waals surface area contributed by atoms with E-state index in [1.54, 1.807) is 44.8 Å². The zero-order valence-corrected chi connectivity index (χ0v) is 30.4. The lowest BCUT2D eigenvalue weighted by Gasteiger charge is -2.45. The SMILES string of the molecule is COc1ccc(C(Cc2c(Cl)c[nH+]cc2Cl)OC(=O)c2ccc(CN3CCc4ccccc4C3C(=O)O[C@H]3CN4CCC3CC4)s2)cc1OC. The maximum atomic E-state index is 14.0. The topological polar surface area (TPSA) is 91.7 Å². The number of methoxy groups -OCH3 is 2. The number of rotatable bonds is 11. The molecule has 262 valence electrons. The molecular weight excluding hydrogens is 697 g/mol. The molecule has 9 nitrogen and oxygen atoms in total. The van der Waals surface area contributed by atoms with Crippen LogP contribution in [0.25, 0.3) is 0 Å². The number of hydrogen-bond donors (Lipinski definition) is 0. The fourth-order valence-electron chi connectivity index (χ4n) is 7.42. The Bertz CT molecular complexity index is 1840. The zero-order valence-electron chi connectivity index (χ0n) is 28.0. The normalized spacial score (nSPS) is 22.0. The molecule has 3 fully saturated rings. The van der Waals surface area contributed by atoms with Gasteiger partial charge >= 0.3 is 11.9 Å². The lowest BCUT2D eigenvalue weighted by molar-refractivity contribution is -0.377. The van der Waals surface area contributed by atoms with Crippen LogP contribution in [0.3, 0.4) is 0 Å². The van der Waals surface area contributed by atoms with E-state index in [9.17, 15) is 9.59 Å². The Labute approximate surface area is 306 Å². The standard InChI is InChI=1S/C38H39Cl2N3O6S/c1-46-31-9-7-25(17-33(31)47-2)32(18-28-29(39)19-41-20-30(28)40)48-37(44)35-10-8-26(50-35)21-43-16-13-23-5-3-4-6-27(23)36(43)38(45)49-34-22-42-14-11-24(34)12-15-42/h3-10,17,19-20,24,32,34,36H,11-16,18,21-22H2,1-2H3/p+1/t32?,34-,36?/m0/s1. The number of H-pyrrole nitrogens is 1. The summed E-state index contributed by atoms with van der Waals surface area (Å²) in [7, 11) is 3.12. The third-order valence-electron chi connectivity index (χ3n) is 10.1. The lowest BCUT2D eigenvalue weighted by Crippen LogP contribution is -2.53. The fraction of sp³-hybridized carbons (Fsp3) is 0.395. The summed E-state index contributed by atoms with van der Waals surface area (Å²) in [5.74, 6) is 0.824. The molecule has 0 amide bonds. The first-order chi connectivity index (χ1) is 24.3. The Morgan fingerprint density at radius 1 is 0.960 bits per heavy atom. The highest BCUT2D eigenvalue weighted by Crippen LogP contribution is 2.38. The van der Waals surface area contributed by atoms with Gasteiger partial charge in [-0.2, -0.15) is 0 Å². The van der Waals surface area contributed by atoms with Gasteiger partial charge in [0, 0.05) is 36.5 Å². The smallest absolute Gasteiger partial charge is 0.348 e. The molecule has 4 aromatic rings. The molecule has 0 aliphatic carbocycles. The van der Waals surface area contributed by atoms with Crippen molar-refractivity contribution in [2.75, 3.05) is 40.4 Å². The molecule has 3 atom stereocenters. The predicted octanol–water partition coefficient (Wildman–Crippen LogP) is 6.76. The first-order valence-electron chi connectivity index (χ1n) is 16.9. The minimum Gasteiger partial charge on any atom is -0.493 e. The van der Waals surface area contributed by atoms with Gasteiger partial charge < -0.3 is 18.9 Å². The van der Waals surface area contributed by atoms with Crippen molar-refractivity contribution in [3.05, 3.63) is 109 Å². The van der Waals surface area contributed by atoms with Crippen LogP contribution in [0.1, 0.15) is 61.8 Å². The molecular formula is C38H40Cl2N3O6S+. The summed E-state index contributed by atoms with van der Waals surface area (Å²) >= 11 is 14.4. The van der Waals surface area contributed by atoms with Gasteiger partial charge in [0.1, 0.15) is 33.2 Å². The molecule has 2 aromatic heterocycles. The monoisotopic (exact) mass is 736 g/mol. The molecule has 12 heteroatoms. The fourth-order valence-corrected chi connectivity index (χ4v) is 8.87. The Morgan fingerprint density at radius 3 is 2.44 bits per heavy atom. The number of thiophene rings is 1. The summed E-state index contributed by atoms with van der Waals surface area (Å²) in [4.78, 5) is 36.6. The number of nitrogens with one attached hydrogen (secondary N) is 1. The molecule has 4 aliphatic rings. The van der Waals surface area contributed by atoms with Gasteiger partial charge in [-0.1, -0.05) is 53.5 Å². The van der Waals surface area contributed by atoms with Gasteiger partial charge in [-0.25, -0.2) is 14.6 Å². The number of esters is 2. The van der Waals surface area contributed by atoms with Gasteiger partial charge in [0.05, 0.1) is 14.2 Å². The van der Waals surface area contributed by atoms with Crippen molar-refractivity contribution in [1.82, 2.24) is 9.80 Å². The summed E-state index contributed by atoms with van der Waals surface area (Å²) < 4.78 is 23.4. The van der Waals surface area contributed by atoms with Gasteiger partial charge in [0.15, 0.2) is 23.9 Å². The van der Waals surface area contributed by atoms with Crippen LogP contribution in [0.15, 0.2) is 67.0 Å². The maximum Gasteiger partial charge on any atom is 0.348 e. The van der Waals surface area contributed by atoms with E-state index < -0.39 is 18.1 Å². The van der Waals surface area contributed by atoms with Gasteiger partial charge in [-0.05, 0) is 79.2 Å². The van der Waals surface area contributed by atoms with E-state index in [0.717, 1.165) is 49.3 Å². The summed E-state index contributed by atoms with van der Waals surface area (Å²) in [6, 6.07) is 16.7. The molecule has 2 unspecified atom stereocenters. The van der Waals surface area contributed by atoms with Crippen LogP contribution in [-0.2, 0) is 33.7 Å². The van der Waals surface area contributed by atoms with Crippen LogP contribution < -0.4 is 14.5 Å². The van der Waals surface area contributed by atoms with E-state index >= 15 is 0 Å². The molecule has 50 heavy (non-hydrogen) atoms. The van der Waals surface area contributed by atoms with E-state index in [1.807, 2.05) is 30.3 Å². The number of pyridine rings is 1. The number of fused-ring (bicyclic) bond motifs is 4. The summed E-state index contributed by atoms with van der Waals surface area (Å²) in [5, 5.41) is 0.865. The van der Waals surface area contributed by atoms with Crippen LogP contribution in [0.5, 0.6) is 11.5 Å². The number of benzene rings is 2. The van der Waals surface area contributed by atoms with E-state index in [2.05, 4.69) is 20.9 Å². The van der Waals surface area contributed by atoms with Crippen LogP contribution in [0.4, 0.5) is 0 Å². The zero-order chi connectivity index (χ0) is 34.8. The average Bonchev–Trinajstić information content (AvgIpc) is 3.61. The molecule has 0 saturated carbocycles. The highest BCUT2D eigenvalue weighted by atomic mass is 35.5. The van der Waals surface area contributed by atoms with Crippen molar-refractivity contribution in [3.63, 3.8) is 0 Å². The molecule has 0 radical (unpaired) electrons. The lowest BCUT2D eigenvalue weighted by atomic mass is 9.85. The van der Waals surface area contributed by atoms with Crippen molar-refractivity contribution >= 4 is 46.5 Å². The third-order valence-corrected chi connectivity index (χ3v) is 11.8. The Balaban J connectivity index is 1.10. The number of aromatic nitrogens is 1. The number of carbonyl (C=O) groups excluding carboxylic acids is 2. The molecule has 0 spiro atoms. The summed E-state index contributed by atoms with van der Waals surface area (Å²) in [6.45, 7) is 4.18. The quantitative estimate of drug-likeness (QED) is 0.156. The number of ether oxygens (including phenoxy) is 4. The first-order valence-corrected chi connectivity index (χ1v) is 18.5. The van der Waals surface area contributed by atoms with Crippen molar-refractivity contribution in [2.45, 2.75) is 50.5 Å². The van der Waals surface area contributed by atoms with Crippen LogP contribution in [-0.4, -0.2) is 68.2 Å². The summed E-state index contributed by atoms with van der Waals surface area (Å²) in [6.07, 6.45) is 5.71. The van der Waals surface area contributed by atoms with Crippen molar-refractivity contribution < 1.29 is 33.5 Å². The Hall–Kier alpha value is -3.67. The molecule has 2 aromatic carbocycles. The van der Waals surface area contributed by atoms with Crippen molar-refractivity contribution in [1.29, 1.82) is 0 Å². The second-order valence-electron chi connectivity index (χ2n) is 13.0. The number of nitrogens with zero attached hydrogens (tertiary/aromatic N) is 2. The molecule has 4 aliphatic heterocycles.